The van der Waals surface area contributed by atoms with Gasteiger partial charge in [0.15, 0.2) is 0 Å². The van der Waals surface area contributed by atoms with Gasteiger partial charge in [0, 0.05) is 31.9 Å². The summed E-state index contributed by atoms with van der Waals surface area (Å²) in [7, 11) is -1.95. The van der Waals surface area contributed by atoms with Crippen LogP contribution in [0.1, 0.15) is 11.4 Å². The summed E-state index contributed by atoms with van der Waals surface area (Å²) >= 11 is 0. The molecule has 1 amide bonds. The van der Waals surface area contributed by atoms with E-state index in [1.807, 2.05) is 28.8 Å². The van der Waals surface area contributed by atoms with Gasteiger partial charge in [-0.15, -0.1) is 0 Å². The molecule has 1 aromatic carbocycles. The number of amides is 1. The second-order valence-corrected chi connectivity index (χ2v) is 8.00. The molecule has 3 aromatic rings. The zero-order valence-electron chi connectivity index (χ0n) is 14.2. The van der Waals surface area contributed by atoms with Gasteiger partial charge in [0.05, 0.1) is 23.0 Å². The molecular formula is C18H18N4O3S. The zero-order chi connectivity index (χ0) is 18.3. The second kappa shape index (κ2) is 6.22. The van der Waals surface area contributed by atoms with Crippen molar-refractivity contribution in [2.75, 3.05) is 18.5 Å². The van der Waals surface area contributed by atoms with Crippen LogP contribution >= 0.6 is 0 Å². The summed E-state index contributed by atoms with van der Waals surface area (Å²) < 4.78 is 29.6. The maximum atomic E-state index is 12.6. The number of nitrogens with one attached hydrogen (secondary N) is 1. The summed E-state index contributed by atoms with van der Waals surface area (Å²) in [5.41, 5.74) is 2.47. The van der Waals surface area contributed by atoms with Crippen LogP contribution in [0.25, 0.3) is 5.52 Å². The van der Waals surface area contributed by atoms with E-state index in [1.54, 1.807) is 30.3 Å². The number of anilines is 1. The van der Waals surface area contributed by atoms with Crippen LogP contribution in [0.15, 0.2) is 53.7 Å². The number of likely N-dealkylation sites (N-methyl/N-ethyl adjacent to an activating group) is 1. The SMILES string of the molecule is CN1C(=O)Cc2cc(S(=O)(=O)NCCc3ncc4ccccn34)ccc21. The smallest absolute Gasteiger partial charge is 0.240 e. The monoisotopic (exact) mass is 370 g/mol. The van der Waals surface area contributed by atoms with Crippen molar-refractivity contribution < 1.29 is 13.2 Å². The van der Waals surface area contributed by atoms with Gasteiger partial charge in [-0.05, 0) is 35.9 Å². The van der Waals surface area contributed by atoms with Gasteiger partial charge in [0.25, 0.3) is 0 Å². The van der Waals surface area contributed by atoms with Gasteiger partial charge in [-0.3, -0.25) is 4.79 Å². The Morgan fingerprint density at radius 2 is 2.08 bits per heavy atom. The number of carbonyl (C=O) groups excluding carboxylic acids is 1. The highest BCUT2D eigenvalue weighted by atomic mass is 32.2. The number of benzene rings is 1. The lowest BCUT2D eigenvalue weighted by Gasteiger charge is -2.11. The maximum Gasteiger partial charge on any atom is 0.240 e. The lowest BCUT2D eigenvalue weighted by Crippen LogP contribution is -2.26. The summed E-state index contributed by atoms with van der Waals surface area (Å²) in [6, 6.07) is 10.6. The first kappa shape index (κ1) is 16.7. The molecule has 0 atom stereocenters. The third-order valence-electron chi connectivity index (χ3n) is 4.59. The summed E-state index contributed by atoms with van der Waals surface area (Å²) in [6.07, 6.45) is 4.37. The number of fused-ring (bicyclic) bond motifs is 2. The van der Waals surface area contributed by atoms with Gasteiger partial charge in [0.2, 0.25) is 15.9 Å². The van der Waals surface area contributed by atoms with E-state index in [0.717, 1.165) is 22.6 Å². The van der Waals surface area contributed by atoms with Crippen LogP contribution in [-0.4, -0.2) is 37.3 Å². The number of hydrogen-bond donors (Lipinski definition) is 1. The molecule has 7 nitrogen and oxygen atoms in total. The second-order valence-electron chi connectivity index (χ2n) is 6.24. The van der Waals surface area contributed by atoms with Crippen molar-refractivity contribution in [3.05, 3.63) is 60.2 Å². The number of sulfonamides is 1. The van der Waals surface area contributed by atoms with Gasteiger partial charge >= 0.3 is 0 Å². The van der Waals surface area contributed by atoms with E-state index >= 15 is 0 Å². The third kappa shape index (κ3) is 2.87. The summed E-state index contributed by atoms with van der Waals surface area (Å²) in [6.45, 7) is 0.242. The Hall–Kier alpha value is -2.71. The van der Waals surface area contributed by atoms with Crippen LogP contribution < -0.4 is 9.62 Å². The highest BCUT2D eigenvalue weighted by Gasteiger charge is 2.26. The van der Waals surface area contributed by atoms with Crippen molar-refractivity contribution in [2.45, 2.75) is 17.7 Å². The molecule has 0 saturated heterocycles. The molecule has 1 aliphatic heterocycles. The van der Waals surface area contributed by atoms with Crippen LogP contribution in [0.2, 0.25) is 0 Å². The van der Waals surface area contributed by atoms with E-state index in [0.29, 0.717) is 6.42 Å². The molecule has 0 aliphatic carbocycles. The molecule has 0 saturated carbocycles. The van der Waals surface area contributed by atoms with Crippen molar-refractivity contribution in [1.82, 2.24) is 14.1 Å². The first-order chi connectivity index (χ1) is 12.5. The number of aromatic nitrogens is 2. The van der Waals surface area contributed by atoms with Crippen LogP contribution in [0.3, 0.4) is 0 Å². The first-order valence-corrected chi connectivity index (χ1v) is 9.74. The van der Waals surface area contributed by atoms with Crippen LogP contribution in [0.5, 0.6) is 0 Å². The molecule has 4 rings (SSSR count). The fourth-order valence-corrected chi connectivity index (χ4v) is 4.26. The minimum absolute atomic E-state index is 0.0336. The quantitative estimate of drug-likeness (QED) is 0.735. The molecule has 0 spiro atoms. The molecular weight excluding hydrogens is 352 g/mol. The van der Waals surface area contributed by atoms with Crippen molar-refractivity contribution in [3.63, 3.8) is 0 Å². The van der Waals surface area contributed by atoms with Crippen molar-refractivity contribution in [3.8, 4) is 0 Å². The fourth-order valence-electron chi connectivity index (χ4n) is 3.18. The Bertz CT molecular complexity index is 1100. The van der Waals surface area contributed by atoms with Crippen molar-refractivity contribution in [2.24, 2.45) is 0 Å². The van der Waals surface area contributed by atoms with E-state index in [1.165, 1.54) is 6.07 Å². The zero-order valence-corrected chi connectivity index (χ0v) is 15.0. The van der Waals surface area contributed by atoms with Crippen molar-refractivity contribution >= 4 is 27.1 Å². The lowest BCUT2D eigenvalue weighted by molar-refractivity contribution is -0.117. The van der Waals surface area contributed by atoms with Crippen LogP contribution in [0, 0.1) is 0 Å². The average Bonchev–Trinajstić information content (AvgIpc) is 3.16. The van der Waals surface area contributed by atoms with E-state index in [-0.39, 0.29) is 23.8 Å². The van der Waals surface area contributed by atoms with Crippen LogP contribution in [0.4, 0.5) is 5.69 Å². The molecule has 2 aromatic heterocycles. The van der Waals surface area contributed by atoms with E-state index in [4.69, 9.17) is 0 Å². The summed E-state index contributed by atoms with van der Waals surface area (Å²) in [5.74, 6) is 0.762. The molecule has 8 heteroatoms. The number of rotatable bonds is 5. The van der Waals surface area contributed by atoms with Gasteiger partial charge in [-0.2, -0.15) is 0 Å². The predicted molar refractivity (Wildman–Crippen MR) is 97.6 cm³/mol. The molecule has 0 fully saturated rings. The van der Waals surface area contributed by atoms with Gasteiger partial charge in [-0.25, -0.2) is 18.1 Å². The number of nitrogens with zero attached hydrogens (tertiary/aromatic N) is 3. The average molecular weight is 370 g/mol. The molecule has 3 heterocycles. The molecule has 26 heavy (non-hydrogen) atoms. The van der Waals surface area contributed by atoms with Gasteiger partial charge in [-0.1, -0.05) is 6.07 Å². The molecule has 0 radical (unpaired) electrons. The van der Waals surface area contributed by atoms with Crippen LogP contribution in [-0.2, 0) is 27.7 Å². The molecule has 0 bridgehead atoms. The fraction of sp³-hybridized carbons (Fsp3) is 0.222. The Morgan fingerprint density at radius 3 is 2.92 bits per heavy atom. The first-order valence-electron chi connectivity index (χ1n) is 8.26. The standard InChI is InChI=1S/C18H18N4O3S/c1-21-16-6-5-15(10-13(16)11-18(21)23)26(24,25)20-8-7-17-19-12-14-4-2-3-9-22(14)17/h2-6,9-10,12,20H,7-8,11H2,1H3. The van der Waals surface area contributed by atoms with Gasteiger partial charge in [0.1, 0.15) is 5.82 Å². The number of carbonyl (C=O) groups is 1. The minimum Gasteiger partial charge on any atom is -0.315 e. The largest absolute Gasteiger partial charge is 0.315 e. The number of imidazole rings is 1. The maximum absolute atomic E-state index is 12.6. The topological polar surface area (TPSA) is 83.8 Å². The summed E-state index contributed by atoms with van der Waals surface area (Å²) in [4.78, 5) is 17.8. The Morgan fingerprint density at radius 1 is 1.23 bits per heavy atom. The molecule has 1 aliphatic rings. The molecule has 134 valence electrons. The summed E-state index contributed by atoms with van der Waals surface area (Å²) in [5, 5.41) is 0. The number of pyridine rings is 1. The highest BCUT2D eigenvalue weighted by Crippen LogP contribution is 2.29. The molecule has 1 N–H and O–H groups in total. The molecule has 0 unspecified atom stereocenters. The van der Waals surface area contributed by atoms with E-state index < -0.39 is 10.0 Å². The van der Waals surface area contributed by atoms with E-state index in [2.05, 4.69) is 9.71 Å². The van der Waals surface area contributed by atoms with Gasteiger partial charge < -0.3 is 9.30 Å². The third-order valence-corrected chi connectivity index (χ3v) is 6.05. The Kier molecular flexibility index (Phi) is 4.01. The lowest BCUT2D eigenvalue weighted by atomic mass is 10.2. The Labute approximate surface area is 151 Å². The number of hydrogen-bond acceptors (Lipinski definition) is 4. The minimum atomic E-state index is -3.64. The highest BCUT2D eigenvalue weighted by molar-refractivity contribution is 7.89. The Balaban J connectivity index is 1.48. The predicted octanol–water partition coefficient (Wildman–Crippen LogP) is 1.37. The normalized spacial score (nSPS) is 14.2. The van der Waals surface area contributed by atoms with Crippen molar-refractivity contribution in [1.29, 1.82) is 0 Å². The van der Waals surface area contributed by atoms with E-state index in [9.17, 15) is 13.2 Å².